The largest absolute Gasteiger partial charge is 0.481 e. The number of nitrogens with one attached hydrogen (secondary N) is 1. The first-order chi connectivity index (χ1) is 7.49. The molecule has 16 heavy (non-hydrogen) atoms. The Morgan fingerprint density at radius 1 is 1.50 bits per heavy atom. The monoisotopic (exact) mass is 225 g/mol. The molecule has 1 aromatic heterocycles. The van der Waals surface area contributed by atoms with Gasteiger partial charge in [-0.2, -0.15) is 0 Å². The molecule has 0 aliphatic heterocycles. The van der Waals surface area contributed by atoms with Crippen LogP contribution in [0.4, 0.5) is 0 Å². The molecule has 0 aliphatic rings. The van der Waals surface area contributed by atoms with Crippen LogP contribution in [-0.2, 0) is 16.1 Å². The van der Waals surface area contributed by atoms with E-state index in [-0.39, 0.29) is 18.9 Å². The number of carbonyl (C=O) groups is 2. The van der Waals surface area contributed by atoms with Crippen molar-refractivity contribution in [3.8, 4) is 0 Å². The Kier molecular flexibility index (Phi) is 4.10. The van der Waals surface area contributed by atoms with Gasteiger partial charge in [0.15, 0.2) is 0 Å². The van der Waals surface area contributed by atoms with Gasteiger partial charge < -0.3 is 14.8 Å². The van der Waals surface area contributed by atoms with E-state index < -0.39 is 11.9 Å². The fourth-order valence-corrected chi connectivity index (χ4v) is 1.28. The van der Waals surface area contributed by atoms with Crippen LogP contribution in [0.2, 0.25) is 0 Å². The number of aryl methyl sites for hydroxylation is 1. The van der Waals surface area contributed by atoms with Gasteiger partial charge in [0, 0.05) is 5.92 Å². The van der Waals surface area contributed by atoms with Crippen LogP contribution in [-0.4, -0.2) is 17.0 Å². The van der Waals surface area contributed by atoms with Crippen molar-refractivity contribution >= 4 is 11.9 Å². The number of amides is 1. The molecule has 5 nitrogen and oxygen atoms in total. The van der Waals surface area contributed by atoms with Crippen molar-refractivity contribution in [1.82, 2.24) is 5.32 Å². The Labute approximate surface area is 93.4 Å². The SMILES string of the molecule is Cc1ccc(CNC(=O)C(C)CC(=O)O)o1. The lowest BCUT2D eigenvalue weighted by atomic mass is 10.1. The summed E-state index contributed by atoms with van der Waals surface area (Å²) in [7, 11) is 0. The zero-order chi connectivity index (χ0) is 12.1. The van der Waals surface area contributed by atoms with Gasteiger partial charge in [0.2, 0.25) is 5.91 Å². The van der Waals surface area contributed by atoms with E-state index in [4.69, 9.17) is 9.52 Å². The molecule has 1 aromatic rings. The van der Waals surface area contributed by atoms with Gasteiger partial charge in [-0.05, 0) is 19.1 Å². The predicted molar refractivity (Wildman–Crippen MR) is 56.7 cm³/mol. The van der Waals surface area contributed by atoms with Crippen LogP contribution in [0.5, 0.6) is 0 Å². The van der Waals surface area contributed by atoms with Crippen LogP contribution in [0.25, 0.3) is 0 Å². The van der Waals surface area contributed by atoms with Gasteiger partial charge in [0.1, 0.15) is 11.5 Å². The first kappa shape index (κ1) is 12.3. The molecule has 0 bridgehead atoms. The lowest BCUT2D eigenvalue weighted by molar-refractivity contribution is -0.140. The minimum atomic E-state index is -0.975. The lowest BCUT2D eigenvalue weighted by Gasteiger charge is -2.08. The Morgan fingerprint density at radius 2 is 2.19 bits per heavy atom. The van der Waals surface area contributed by atoms with Crippen molar-refractivity contribution in [2.45, 2.75) is 26.8 Å². The Hall–Kier alpha value is -1.78. The third kappa shape index (κ3) is 3.76. The number of carboxylic acid groups (broad SMARTS) is 1. The predicted octanol–water partition coefficient (Wildman–Crippen LogP) is 1.32. The zero-order valence-corrected chi connectivity index (χ0v) is 9.32. The first-order valence-corrected chi connectivity index (χ1v) is 5.04. The van der Waals surface area contributed by atoms with Crippen molar-refractivity contribution in [2.24, 2.45) is 5.92 Å². The Bertz CT molecular complexity index is 383. The highest BCUT2D eigenvalue weighted by atomic mass is 16.4. The molecule has 0 saturated carbocycles. The fourth-order valence-electron chi connectivity index (χ4n) is 1.28. The summed E-state index contributed by atoms with van der Waals surface area (Å²) >= 11 is 0. The molecule has 1 unspecified atom stereocenters. The molecular weight excluding hydrogens is 210 g/mol. The third-order valence-corrected chi connectivity index (χ3v) is 2.16. The summed E-state index contributed by atoms with van der Waals surface area (Å²) in [4.78, 5) is 21.8. The van der Waals surface area contributed by atoms with Gasteiger partial charge in [0.05, 0.1) is 13.0 Å². The summed E-state index contributed by atoms with van der Waals surface area (Å²) in [6.07, 6.45) is -0.164. The van der Waals surface area contributed by atoms with Crippen LogP contribution < -0.4 is 5.32 Å². The van der Waals surface area contributed by atoms with E-state index in [9.17, 15) is 9.59 Å². The van der Waals surface area contributed by atoms with Gasteiger partial charge in [-0.1, -0.05) is 6.92 Å². The lowest BCUT2D eigenvalue weighted by Crippen LogP contribution is -2.29. The molecule has 0 aromatic carbocycles. The van der Waals surface area contributed by atoms with E-state index in [0.717, 1.165) is 5.76 Å². The Balaban J connectivity index is 2.37. The highest BCUT2D eigenvalue weighted by Crippen LogP contribution is 2.07. The minimum Gasteiger partial charge on any atom is -0.481 e. The van der Waals surface area contributed by atoms with E-state index in [0.29, 0.717) is 5.76 Å². The molecule has 1 amide bonds. The highest BCUT2D eigenvalue weighted by Gasteiger charge is 2.16. The van der Waals surface area contributed by atoms with Crippen LogP contribution in [0.3, 0.4) is 0 Å². The molecule has 0 radical (unpaired) electrons. The number of rotatable bonds is 5. The first-order valence-electron chi connectivity index (χ1n) is 5.04. The molecule has 0 aliphatic carbocycles. The van der Waals surface area contributed by atoms with Crippen molar-refractivity contribution in [3.63, 3.8) is 0 Å². The molecule has 0 saturated heterocycles. The number of hydrogen-bond acceptors (Lipinski definition) is 3. The third-order valence-electron chi connectivity index (χ3n) is 2.16. The number of carbonyl (C=O) groups excluding carboxylic acids is 1. The second-order valence-corrected chi connectivity index (χ2v) is 3.73. The molecule has 1 rings (SSSR count). The summed E-state index contributed by atoms with van der Waals surface area (Å²) in [6, 6.07) is 3.58. The van der Waals surface area contributed by atoms with E-state index in [2.05, 4.69) is 5.32 Å². The molecule has 2 N–H and O–H groups in total. The molecule has 5 heteroatoms. The minimum absolute atomic E-state index is 0.164. The molecule has 1 heterocycles. The average Bonchev–Trinajstić information content (AvgIpc) is 2.59. The normalized spacial score (nSPS) is 12.1. The summed E-state index contributed by atoms with van der Waals surface area (Å²) in [5, 5.41) is 11.1. The van der Waals surface area contributed by atoms with E-state index in [1.807, 2.05) is 13.0 Å². The average molecular weight is 225 g/mol. The summed E-state index contributed by atoms with van der Waals surface area (Å²) in [5.74, 6) is -0.349. The van der Waals surface area contributed by atoms with Gasteiger partial charge in [-0.3, -0.25) is 9.59 Å². The summed E-state index contributed by atoms with van der Waals surface area (Å²) < 4.78 is 5.26. The quantitative estimate of drug-likeness (QED) is 0.791. The van der Waals surface area contributed by atoms with E-state index >= 15 is 0 Å². The summed E-state index contributed by atoms with van der Waals surface area (Å²) in [6.45, 7) is 3.69. The molecule has 88 valence electrons. The number of furan rings is 1. The maximum Gasteiger partial charge on any atom is 0.304 e. The molecular formula is C11H15NO4. The van der Waals surface area contributed by atoms with Crippen molar-refractivity contribution < 1.29 is 19.1 Å². The van der Waals surface area contributed by atoms with E-state index in [1.165, 1.54) is 0 Å². The standard InChI is InChI=1S/C11H15NO4/c1-7(5-10(13)14)11(15)12-6-9-4-3-8(2)16-9/h3-4,7H,5-6H2,1-2H3,(H,12,15)(H,13,14). The Morgan fingerprint density at radius 3 is 2.69 bits per heavy atom. The molecule has 0 spiro atoms. The topological polar surface area (TPSA) is 79.5 Å². The zero-order valence-electron chi connectivity index (χ0n) is 9.32. The van der Waals surface area contributed by atoms with Crippen LogP contribution in [0.1, 0.15) is 24.9 Å². The fraction of sp³-hybridized carbons (Fsp3) is 0.455. The maximum atomic E-state index is 11.4. The van der Waals surface area contributed by atoms with Crippen LogP contribution in [0.15, 0.2) is 16.5 Å². The number of aliphatic carboxylic acids is 1. The van der Waals surface area contributed by atoms with Crippen LogP contribution in [0, 0.1) is 12.8 Å². The second kappa shape index (κ2) is 5.34. The molecule has 1 atom stereocenters. The highest BCUT2D eigenvalue weighted by molar-refractivity contribution is 5.82. The van der Waals surface area contributed by atoms with Crippen LogP contribution >= 0.6 is 0 Å². The second-order valence-electron chi connectivity index (χ2n) is 3.73. The molecule has 0 fully saturated rings. The number of carboxylic acids is 1. The number of hydrogen-bond donors (Lipinski definition) is 2. The van der Waals surface area contributed by atoms with E-state index in [1.54, 1.807) is 13.0 Å². The van der Waals surface area contributed by atoms with Crippen molar-refractivity contribution in [2.75, 3.05) is 0 Å². The van der Waals surface area contributed by atoms with Gasteiger partial charge >= 0.3 is 5.97 Å². The smallest absolute Gasteiger partial charge is 0.304 e. The summed E-state index contributed by atoms with van der Waals surface area (Å²) in [5.41, 5.74) is 0. The van der Waals surface area contributed by atoms with Gasteiger partial charge in [0.25, 0.3) is 0 Å². The van der Waals surface area contributed by atoms with Crippen molar-refractivity contribution in [3.05, 3.63) is 23.7 Å². The van der Waals surface area contributed by atoms with Gasteiger partial charge in [-0.15, -0.1) is 0 Å². The van der Waals surface area contributed by atoms with Gasteiger partial charge in [-0.25, -0.2) is 0 Å². The maximum absolute atomic E-state index is 11.4. The van der Waals surface area contributed by atoms with Crippen molar-refractivity contribution in [1.29, 1.82) is 0 Å².